The normalized spacial score (nSPS) is 13.0. The minimum absolute atomic E-state index is 1.07. The maximum atomic E-state index is 2.52. The molecule has 0 saturated heterocycles. The molecule has 0 fully saturated rings. The minimum Gasteiger partial charge on any atom is -0.310 e. The Morgan fingerprint density at radius 2 is 0.862 bits per heavy atom. The van der Waals surface area contributed by atoms with Gasteiger partial charge in [-0.2, -0.15) is 0 Å². The van der Waals surface area contributed by atoms with Crippen LogP contribution in [0.3, 0.4) is 0 Å². The van der Waals surface area contributed by atoms with Crippen molar-refractivity contribution in [2.45, 2.75) is 19.3 Å². The molecule has 9 aromatic carbocycles. The standard InChI is InChI=1S/C61H45N3Si/c1-6-21-43(22-7-1)62-55-33-15-5-14-29-50(55)53-41-54-51-31-17-18-34-56(51)63(59(54)42-58(53)62)45-37-39-48(40-38-45)65(46-25-10-3-11-26-46,47-27-12-4-13-28-47)60-36-20-32-52-49-30-16-19-35-57(49)64(61(52)60)44-23-8-2-9-24-44/h1-4,6-13,15-28,30-42H,5,14,29H2. The van der Waals surface area contributed by atoms with Gasteiger partial charge < -0.3 is 13.7 Å². The van der Waals surface area contributed by atoms with Crippen LogP contribution >= 0.6 is 0 Å². The number of fused-ring (bicyclic) bond motifs is 9. The lowest BCUT2D eigenvalue weighted by atomic mass is 10.0. The van der Waals surface area contributed by atoms with Gasteiger partial charge in [-0.3, -0.25) is 0 Å². The SMILES string of the molecule is C1=Cc2c(c3cc4c5ccccc5n(-c5ccc([Si](c6ccccc6)(c6ccccc6)c6cccc7c8ccccc8n(-c8ccccc8)c67)cc5)c4cc3n2-c2ccccc2)CCC1. The average Bonchev–Trinajstić information content (AvgIpc) is 3.91. The average molecular weight is 848 g/mol. The molecule has 12 aromatic rings. The Labute approximate surface area is 379 Å². The van der Waals surface area contributed by atoms with E-state index in [9.17, 15) is 0 Å². The fraction of sp³-hybridized carbons (Fsp3) is 0.0492. The molecule has 0 N–H and O–H groups in total. The molecule has 65 heavy (non-hydrogen) atoms. The van der Waals surface area contributed by atoms with E-state index in [4.69, 9.17) is 0 Å². The number of para-hydroxylation sites is 5. The summed E-state index contributed by atoms with van der Waals surface area (Å²) in [7, 11) is -3.04. The third-order valence-electron chi connectivity index (χ3n) is 14.1. The Morgan fingerprint density at radius 3 is 1.52 bits per heavy atom. The number of hydrogen-bond acceptors (Lipinski definition) is 0. The van der Waals surface area contributed by atoms with Gasteiger partial charge in [0.15, 0.2) is 8.07 Å². The molecule has 1 aliphatic rings. The Hall–Kier alpha value is -7.92. The van der Waals surface area contributed by atoms with Gasteiger partial charge in [-0.1, -0.05) is 170 Å². The van der Waals surface area contributed by atoms with E-state index in [1.165, 1.54) is 92.2 Å². The van der Waals surface area contributed by atoms with Crippen molar-refractivity contribution in [3.63, 3.8) is 0 Å². The Kier molecular flexibility index (Phi) is 8.75. The molecule has 0 radical (unpaired) electrons. The molecule has 0 amide bonds. The lowest BCUT2D eigenvalue weighted by Crippen LogP contribution is -2.75. The third kappa shape index (κ3) is 5.67. The molecule has 3 nitrogen and oxygen atoms in total. The minimum atomic E-state index is -3.04. The monoisotopic (exact) mass is 847 g/mol. The number of aryl methyl sites for hydroxylation is 1. The summed E-state index contributed by atoms with van der Waals surface area (Å²) < 4.78 is 7.51. The lowest BCUT2D eigenvalue weighted by molar-refractivity contribution is 0.855. The van der Waals surface area contributed by atoms with Crippen LogP contribution in [0.15, 0.2) is 231 Å². The fourth-order valence-corrected chi connectivity index (χ4v) is 16.3. The van der Waals surface area contributed by atoms with Crippen molar-refractivity contribution in [3.8, 4) is 17.1 Å². The Bertz CT molecular complexity index is 3730. The summed E-state index contributed by atoms with van der Waals surface area (Å²) in [6, 6.07) is 84.0. The third-order valence-corrected chi connectivity index (χ3v) is 18.9. The second kappa shape index (κ2) is 15.1. The van der Waals surface area contributed by atoms with Gasteiger partial charge >= 0.3 is 0 Å². The van der Waals surface area contributed by atoms with Crippen molar-refractivity contribution >= 4 is 89.4 Å². The first-order valence-electron chi connectivity index (χ1n) is 22.9. The van der Waals surface area contributed by atoms with Crippen molar-refractivity contribution in [1.29, 1.82) is 0 Å². The van der Waals surface area contributed by atoms with E-state index in [0.29, 0.717) is 0 Å². The molecule has 0 atom stereocenters. The number of rotatable bonds is 7. The van der Waals surface area contributed by atoms with E-state index in [1.807, 2.05) is 0 Å². The predicted molar refractivity (Wildman–Crippen MR) is 278 cm³/mol. The van der Waals surface area contributed by atoms with Crippen LogP contribution in [0, 0.1) is 0 Å². The van der Waals surface area contributed by atoms with E-state index < -0.39 is 8.07 Å². The molecule has 0 unspecified atom stereocenters. The Morgan fingerprint density at radius 1 is 0.354 bits per heavy atom. The van der Waals surface area contributed by atoms with E-state index in [1.54, 1.807) is 0 Å². The maximum absolute atomic E-state index is 3.04. The zero-order valence-corrected chi connectivity index (χ0v) is 37.0. The molecule has 0 aliphatic heterocycles. The first-order valence-corrected chi connectivity index (χ1v) is 24.9. The number of aromatic nitrogens is 3. The van der Waals surface area contributed by atoms with Gasteiger partial charge in [0.05, 0.1) is 27.6 Å². The smallest absolute Gasteiger partial charge is 0.181 e. The molecule has 0 saturated carbocycles. The first kappa shape index (κ1) is 37.6. The highest BCUT2D eigenvalue weighted by atomic mass is 28.3. The van der Waals surface area contributed by atoms with Crippen LogP contribution in [0.1, 0.15) is 24.1 Å². The van der Waals surface area contributed by atoms with Crippen LogP contribution in [0.4, 0.5) is 0 Å². The van der Waals surface area contributed by atoms with Crippen LogP contribution in [-0.4, -0.2) is 21.8 Å². The number of allylic oxidation sites excluding steroid dienone is 1. The highest BCUT2D eigenvalue weighted by Crippen LogP contribution is 2.40. The second-order valence-corrected chi connectivity index (χ2v) is 21.3. The molecule has 13 rings (SSSR count). The van der Waals surface area contributed by atoms with E-state index in [2.05, 4.69) is 250 Å². The molecule has 0 spiro atoms. The van der Waals surface area contributed by atoms with Gasteiger partial charge in [-0.15, -0.1) is 0 Å². The molecule has 308 valence electrons. The van der Waals surface area contributed by atoms with Crippen molar-refractivity contribution in [3.05, 3.63) is 242 Å². The number of nitrogens with zero attached hydrogens (tertiary/aromatic N) is 3. The zero-order chi connectivity index (χ0) is 42.9. The summed E-state index contributed by atoms with van der Waals surface area (Å²) in [6.45, 7) is 0. The second-order valence-electron chi connectivity index (χ2n) is 17.5. The van der Waals surface area contributed by atoms with Crippen molar-refractivity contribution in [2.24, 2.45) is 0 Å². The van der Waals surface area contributed by atoms with Crippen LogP contribution < -0.4 is 20.7 Å². The van der Waals surface area contributed by atoms with E-state index in [0.717, 1.165) is 30.6 Å². The molecule has 1 aliphatic carbocycles. The fourth-order valence-electron chi connectivity index (χ4n) is 11.4. The van der Waals surface area contributed by atoms with Crippen LogP contribution in [-0.2, 0) is 6.42 Å². The van der Waals surface area contributed by atoms with Crippen molar-refractivity contribution in [1.82, 2.24) is 13.7 Å². The van der Waals surface area contributed by atoms with Crippen LogP contribution in [0.2, 0.25) is 0 Å². The topological polar surface area (TPSA) is 14.8 Å². The van der Waals surface area contributed by atoms with Crippen LogP contribution in [0.25, 0.3) is 77.7 Å². The predicted octanol–water partition coefficient (Wildman–Crippen LogP) is 12.6. The van der Waals surface area contributed by atoms with E-state index in [-0.39, 0.29) is 0 Å². The quantitative estimate of drug-likeness (QED) is 0.112. The summed E-state index contributed by atoms with van der Waals surface area (Å²) in [5, 5.41) is 11.9. The van der Waals surface area contributed by atoms with Crippen LogP contribution in [0.5, 0.6) is 0 Å². The zero-order valence-electron chi connectivity index (χ0n) is 36.0. The van der Waals surface area contributed by atoms with Gasteiger partial charge in [0.25, 0.3) is 0 Å². The maximum Gasteiger partial charge on any atom is 0.181 e. The Balaban J connectivity index is 1.09. The van der Waals surface area contributed by atoms with E-state index >= 15 is 0 Å². The van der Waals surface area contributed by atoms with Gasteiger partial charge in [-0.05, 0) is 112 Å². The highest BCUT2D eigenvalue weighted by Gasteiger charge is 2.43. The van der Waals surface area contributed by atoms with Crippen molar-refractivity contribution in [2.75, 3.05) is 0 Å². The first-order chi connectivity index (χ1) is 32.3. The highest BCUT2D eigenvalue weighted by molar-refractivity contribution is 7.20. The molecule has 4 heteroatoms. The summed E-state index contributed by atoms with van der Waals surface area (Å²) in [5.74, 6) is 0. The van der Waals surface area contributed by atoms with Gasteiger partial charge in [0.1, 0.15) is 0 Å². The van der Waals surface area contributed by atoms with Gasteiger partial charge in [0, 0.05) is 49.7 Å². The number of benzene rings is 9. The molecule has 3 heterocycles. The molecular formula is C61H45N3Si. The molecule has 0 bridgehead atoms. The summed E-state index contributed by atoms with van der Waals surface area (Å²) in [6.07, 6.45) is 8.05. The molecular weight excluding hydrogens is 803 g/mol. The van der Waals surface area contributed by atoms with Gasteiger partial charge in [-0.25, -0.2) is 0 Å². The largest absolute Gasteiger partial charge is 0.310 e. The summed E-state index contributed by atoms with van der Waals surface area (Å²) in [5.41, 5.74) is 12.4. The number of hydrogen-bond donors (Lipinski definition) is 0. The van der Waals surface area contributed by atoms with Crippen molar-refractivity contribution < 1.29 is 0 Å². The molecule has 3 aromatic heterocycles. The van der Waals surface area contributed by atoms with Gasteiger partial charge in [0.2, 0.25) is 0 Å². The summed E-state index contributed by atoms with van der Waals surface area (Å²) >= 11 is 0. The lowest BCUT2D eigenvalue weighted by Gasteiger charge is -2.35. The summed E-state index contributed by atoms with van der Waals surface area (Å²) in [4.78, 5) is 0.